The van der Waals surface area contributed by atoms with Gasteiger partial charge in [-0.1, -0.05) is 30.3 Å². The lowest BCUT2D eigenvalue weighted by molar-refractivity contribution is -0.139. The fourth-order valence-corrected chi connectivity index (χ4v) is 4.32. The highest BCUT2D eigenvalue weighted by atomic mass is 16.5. The van der Waals surface area contributed by atoms with Crippen molar-refractivity contribution in [3.05, 3.63) is 35.9 Å². The minimum absolute atomic E-state index is 0.0686. The molecule has 24 heavy (non-hydrogen) atoms. The number of carbonyl (C=O) groups is 1. The Morgan fingerprint density at radius 2 is 1.96 bits per heavy atom. The summed E-state index contributed by atoms with van der Waals surface area (Å²) in [6.07, 6.45) is 4.28. The highest BCUT2D eigenvalue weighted by molar-refractivity contribution is 5.81. The molecule has 3 unspecified atom stereocenters. The first-order chi connectivity index (χ1) is 11.8. The highest BCUT2D eigenvalue weighted by Gasteiger charge is 2.35. The van der Waals surface area contributed by atoms with Crippen LogP contribution in [0.2, 0.25) is 0 Å². The van der Waals surface area contributed by atoms with Gasteiger partial charge in [-0.3, -0.25) is 9.69 Å². The fourth-order valence-electron chi connectivity index (χ4n) is 4.32. The van der Waals surface area contributed by atoms with Crippen molar-refractivity contribution >= 4 is 5.91 Å². The zero-order chi connectivity index (χ0) is 16.4. The van der Waals surface area contributed by atoms with Crippen molar-refractivity contribution in [2.24, 2.45) is 0 Å². The molecule has 0 spiro atoms. The summed E-state index contributed by atoms with van der Waals surface area (Å²) in [7, 11) is 0. The van der Waals surface area contributed by atoms with Crippen LogP contribution in [0.15, 0.2) is 30.3 Å². The fraction of sp³-hybridized carbons (Fsp3) is 0.632. The van der Waals surface area contributed by atoms with E-state index in [0.717, 1.165) is 25.9 Å². The lowest BCUT2D eigenvalue weighted by Gasteiger charge is -2.34. The van der Waals surface area contributed by atoms with Gasteiger partial charge < -0.3 is 15.4 Å². The summed E-state index contributed by atoms with van der Waals surface area (Å²) in [5, 5.41) is 6.86. The first-order valence-electron chi connectivity index (χ1n) is 9.20. The Morgan fingerprint density at radius 3 is 2.71 bits per heavy atom. The molecule has 3 saturated heterocycles. The molecule has 3 atom stereocenters. The normalized spacial score (nSPS) is 33.3. The van der Waals surface area contributed by atoms with Crippen molar-refractivity contribution in [3.63, 3.8) is 0 Å². The molecule has 0 aromatic heterocycles. The molecule has 3 aliphatic heterocycles. The van der Waals surface area contributed by atoms with E-state index in [2.05, 4.69) is 39.8 Å². The van der Waals surface area contributed by atoms with Gasteiger partial charge in [-0.25, -0.2) is 0 Å². The highest BCUT2D eigenvalue weighted by Crippen LogP contribution is 2.26. The van der Waals surface area contributed by atoms with Crippen LogP contribution in [0.1, 0.15) is 31.2 Å². The standard InChI is InChI=1S/C19H27N3O2/c23-19(21-17-10-15-6-7-16(11-17)20-15)18-13-22(8-9-24-18)12-14-4-2-1-3-5-14/h1-5,15-18,20H,6-13H2,(H,21,23). The molecule has 3 fully saturated rings. The number of ether oxygens (including phenoxy) is 1. The minimum atomic E-state index is -0.338. The largest absolute Gasteiger partial charge is 0.366 e. The average Bonchev–Trinajstić information content (AvgIpc) is 2.94. The topological polar surface area (TPSA) is 53.6 Å². The van der Waals surface area contributed by atoms with E-state index in [1.54, 1.807) is 0 Å². The Hall–Kier alpha value is -1.43. The third-order valence-electron chi connectivity index (χ3n) is 5.51. The van der Waals surface area contributed by atoms with Crippen LogP contribution in [0.5, 0.6) is 0 Å². The van der Waals surface area contributed by atoms with Gasteiger partial charge in [-0.15, -0.1) is 0 Å². The molecule has 3 aliphatic rings. The molecule has 1 aromatic rings. The lowest BCUT2D eigenvalue weighted by Crippen LogP contribution is -2.54. The Balaban J connectivity index is 1.29. The molecule has 3 heterocycles. The number of benzene rings is 1. The average molecular weight is 329 g/mol. The molecule has 0 saturated carbocycles. The second-order valence-corrected chi connectivity index (χ2v) is 7.39. The van der Waals surface area contributed by atoms with Crippen LogP contribution in [-0.2, 0) is 16.1 Å². The maximum absolute atomic E-state index is 12.6. The van der Waals surface area contributed by atoms with Crippen LogP contribution < -0.4 is 10.6 Å². The van der Waals surface area contributed by atoms with Crippen molar-refractivity contribution in [3.8, 4) is 0 Å². The summed E-state index contributed by atoms with van der Waals surface area (Å²) in [6.45, 7) is 3.07. The van der Waals surface area contributed by atoms with E-state index >= 15 is 0 Å². The molecule has 2 N–H and O–H groups in total. The van der Waals surface area contributed by atoms with Crippen LogP contribution in [0.25, 0.3) is 0 Å². The van der Waals surface area contributed by atoms with Crippen molar-refractivity contribution in [1.82, 2.24) is 15.5 Å². The number of morpholine rings is 1. The zero-order valence-corrected chi connectivity index (χ0v) is 14.1. The van der Waals surface area contributed by atoms with Gasteiger partial charge in [0.1, 0.15) is 6.10 Å². The summed E-state index contributed by atoms with van der Waals surface area (Å²) in [6, 6.07) is 11.9. The Kier molecular flexibility index (Phi) is 4.83. The smallest absolute Gasteiger partial charge is 0.250 e. The van der Waals surface area contributed by atoms with Crippen molar-refractivity contribution in [2.45, 2.75) is 56.5 Å². The van der Waals surface area contributed by atoms with Gasteiger partial charge in [-0.2, -0.15) is 0 Å². The van der Waals surface area contributed by atoms with Crippen molar-refractivity contribution in [2.75, 3.05) is 19.7 Å². The summed E-state index contributed by atoms with van der Waals surface area (Å²) in [5.41, 5.74) is 1.29. The third-order valence-corrected chi connectivity index (χ3v) is 5.51. The maximum Gasteiger partial charge on any atom is 0.250 e. The van der Waals surface area contributed by atoms with Crippen LogP contribution in [0, 0.1) is 0 Å². The molecular formula is C19H27N3O2. The first-order valence-corrected chi connectivity index (χ1v) is 9.20. The van der Waals surface area contributed by atoms with E-state index in [9.17, 15) is 4.79 Å². The van der Waals surface area contributed by atoms with E-state index < -0.39 is 0 Å². The molecule has 5 heteroatoms. The van der Waals surface area contributed by atoms with E-state index in [4.69, 9.17) is 4.74 Å². The lowest BCUT2D eigenvalue weighted by atomic mass is 9.99. The maximum atomic E-state index is 12.6. The molecular weight excluding hydrogens is 302 g/mol. The number of nitrogens with zero attached hydrogens (tertiary/aromatic N) is 1. The molecule has 2 bridgehead atoms. The van der Waals surface area contributed by atoms with Gasteiger partial charge in [0.15, 0.2) is 0 Å². The van der Waals surface area contributed by atoms with E-state index in [0.29, 0.717) is 31.3 Å². The predicted molar refractivity (Wildman–Crippen MR) is 92.6 cm³/mol. The number of hydrogen-bond donors (Lipinski definition) is 2. The van der Waals surface area contributed by atoms with E-state index in [1.165, 1.54) is 18.4 Å². The summed E-state index contributed by atoms with van der Waals surface area (Å²) in [4.78, 5) is 14.9. The molecule has 5 nitrogen and oxygen atoms in total. The monoisotopic (exact) mass is 329 g/mol. The van der Waals surface area contributed by atoms with E-state index in [1.807, 2.05) is 6.07 Å². The first kappa shape index (κ1) is 16.1. The molecule has 0 aliphatic carbocycles. The molecule has 130 valence electrons. The summed E-state index contributed by atoms with van der Waals surface area (Å²) < 4.78 is 5.75. The van der Waals surface area contributed by atoms with Crippen LogP contribution in [0.3, 0.4) is 0 Å². The number of amides is 1. The van der Waals surface area contributed by atoms with Gasteiger partial charge in [0.25, 0.3) is 5.91 Å². The van der Waals surface area contributed by atoms with E-state index in [-0.39, 0.29) is 12.0 Å². The number of rotatable bonds is 4. The predicted octanol–water partition coefficient (Wildman–Crippen LogP) is 1.29. The number of hydrogen-bond acceptors (Lipinski definition) is 4. The van der Waals surface area contributed by atoms with Crippen LogP contribution in [0.4, 0.5) is 0 Å². The minimum Gasteiger partial charge on any atom is -0.366 e. The van der Waals surface area contributed by atoms with Crippen molar-refractivity contribution in [1.29, 1.82) is 0 Å². The third kappa shape index (κ3) is 3.79. The summed E-state index contributed by atoms with van der Waals surface area (Å²) in [5.74, 6) is 0.0686. The van der Waals surface area contributed by atoms with Crippen molar-refractivity contribution < 1.29 is 9.53 Å². The quantitative estimate of drug-likeness (QED) is 0.874. The number of carbonyl (C=O) groups excluding carboxylic acids is 1. The number of nitrogens with one attached hydrogen (secondary N) is 2. The second-order valence-electron chi connectivity index (χ2n) is 7.39. The number of fused-ring (bicyclic) bond motifs is 2. The molecule has 1 amide bonds. The van der Waals surface area contributed by atoms with Gasteiger partial charge in [0, 0.05) is 37.8 Å². The summed E-state index contributed by atoms with van der Waals surface area (Å²) >= 11 is 0. The Bertz CT molecular complexity index is 553. The molecule has 0 radical (unpaired) electrons. The zero-order valence-electron chi connectivity index (χ0n) is 14.1. The SMILES string of the molecule is O=C(NC1CC2CCC(C1)N2)C1CN(Cc2ccccc2)CCO1. The van der Waals surface area contributed by atoms with Gasteiger partial charge in [-0.05, 0) is 31.2 Å². The van der Waals surface area contributed by atoms with Gasteiger partial charge in [0.05, 0.1) is 6.61 Å². The van der Waals surface area contributed by atoms with Gasteiger partial charge in [0.2, 0.25) is 0 Å². The number of piperidine rings is 1. The van der Waals surface area contributed by atoms with Crippen LogP contribution >= 0.6 is 0 Å². The van der Waals surface area contributed by atoms with Gasteiger partial charge >= 0.3 is 0 Å². The second kappa shape index (κ2) is 7.21. The molecule has 1 aromatic carbocycles. The Morgan fingerprint density at radius 1 is 1.21 bits per heavy atom. The van der Waals surface area contributed by atoms with Crippen LogP contribution in [-0.4, -0.2) is 54.7 Å². The Labute approximate surface area is 143 Å². The molecule has 4 rings (SSSR count).